The predicted molar refractivity (Wildman–Crippen MR) is 194 cm³/mol. The third-order valence-corrected chi connectivity index (χ3v) is 10.8. The van der Waals surface area contributed by atoms with Gasteiger partial charge in [0.1, 0.15) is 29.6 Å². The molecule has 4 heterocycles. The highest BCUT2D eigenvalue weighted by molar-refractivity contribution is 7.92. The Labute approximate surface area is 319 Å². The molecule has 11 nitrogen and oxygen atoms in total. The van der Waals surface area contributed by atoms with Crippen molar-refractivity contribution in [3.05, 3.63) is 112 Å². The largest absolute Gasteiger partial charge is 0.346 e. The second-order valence-electron chi connectivity index (χ2n) is 13.8. The molecule has 0 bridgehead atoms. The van der Waals surface area contributed by atoms with Gasteiger partial charge in [-0.3, -0.25) is 28.8 Å². The molecular weight excluding hydrogens is 786 g/mol. The Balaban J connectivity index is 1.28. The lowest BCUT2D eigenvalue weighted by molar-refractivity contribution is -0.123. The molecule has 2 aromatic carbocycles. The summed E-state index contributed by atoms with van der Waals surface area (Å²) in [7, 11) is -2.26. The van der Waals surface area contributed by atoms with Crippen molar-refractivity contribution in [2.45, 2.75) is 43.7 Å². The number of nitrogens with zero attached hydrogens (tertiary/aromatic N) is 6. The summed E-state index contributed by atoms with van der Waals surface area (Å²) < 4.78 is 117. The zero-order valence-corrected chi connectivity index (χ0v) is 30.8. The van der Waals surface area contributed by atoms with Gasteiger partial charge in [-0.05, 0) is 54.7 Å². The number of hydrogen-bond donors (Lipinski definition) is 2. The van der Waals surface area contributed by atoms with Crippen LogP contribution in [0.25, 0.3) is 33.2 Å². The summed E-state index contributed by atoms with van der Waals surface area (Å²) in [5.74, 6) is -8.23. The molecule has 2 aliphatic carbocycles. The maximum absolute atomic E-state index is 15.4. The van der Waals surface area contributed by atoms with Crippen molar-refractivity contribution in [3.63, 3.8) is 0 Å². The molecule has 6 aromatic rings. The van der Waals surface area contributed by atoms with Gasteiger partial charge in [0.2, 0.25) is 15.9 Å². The van der Waals surface area contributed by atoms with Crippen molar-refractivity contribution in [3.8, 4) is 22.3 Å². The Morgan fingerprint density at radius 2 is 1.77 bits per heavy atom. The molecule has 2 aliphatic rings. The van der Waals surface area contributed by atoms with E-state index in [1.807, 2.05) is 0 Å². The summed E-state index contributed by atoms with van der Waals surface area (Å²) in [5, 5.41) is 11.2. The first kappa shape index (κ1) is 37.4. The molecule has 0 aliphatic heterocycles. The molecule has 4 aromatic heterocycles. The van der Waals surface area contributed by atoms with Gasteiger partial charge in [-0.1, -0.05) is 23.7 Å². The van der Waals surface area contributed by atoms with Crippen LogP contribution in [0.15, 0.2) is 67.1 Å². The molecular formula is C37H29ClF6N8O3S. The molecule has 1 saturated carbocycles. The number of anilines is 1. The minimum Gasteiger partial charge on any atom is -0.346 e. The normalized spacial score (nSPS) is 17.5. The fourth-order valence-electron chi connectivity index (χ4n) is 7.64. The highest BCUT2D eigenvalue weighted by atomic mass is 35.5. The van der Waals surface area contributed by atoms with Gasteiger partial charge in [0.15, 0.2) is 5.82 Å². The lowest BCUT2D eigenvalue weighted by Gasteiger charge is -2.23. The number of nitrogens with one attached hydrogen (secondary N) is 2. The van der Waals surface area contributed by atoms with Crippen LogP contribution in [0.4, 0.5) is 32.2 Å². The van der Waals surface area contributed by atoms with E-state index >= 15 is 8.78 Å². The van der Waals surface area contributed by atoms with Crippen molar-refractivity contribution in [1.29, 1.82) is 0 Å². The average molecular weight is 815 g/mol. The van der Waals surface area contributed by atoms with Gasteiger partial charge < -0.3 is 5.32 Å². The topological polar surface area (TPSA) is 137 Å². The van der Waals surface area contributed by atoms with Gasteiger partial charge >= 0.3 is 0 Å². The van der Waals surface area contributed by atoms with Crippen LogP contribution in [-0.2, 0) is 40.8 Å². The van der Waals surface area contributed by atoms with E-state index in [4.69, 9.17) is 16.6 Å². The molecule has 19 heteroatoms. The van der Waals surface area contributed by atoms with Crippen molar-refractivity contribution in [2.75, 3.05) is 11.0 Å². The number of aryl methyl sites for hydroxylation is 1. The van der Waals surface area contributed by atoms with Gasteiger partial charge in [-0.15, -0.1) is 0 Å². The number of sulfonamides is 1. The molecule has 0 saturated heterocycles. The van der Waals surface area contributed by atoms with Crippen LogP contribution in [0.5, 0.6) is 0 Å². The minimum atomic E-state index is -3.82. The van der Waals surface area contributed by atoms with E-state index in [0.717, 1.165) is 18.4 Å². The van der Waals surface area contributed by atoms with E-state index in [1.54, 1.807) is 43.7 Å². The van der Waals surface area contributed by atoms with Crippen LogP contribution >= 0.6 is 11.6 Å². The highest BCUT2D eigenvalue weighted by Crippen LogP contribution is 2.68. The number of pyridine rings is 2. The number of carbonyl (C=O) groups is 1. The Morgan fingerprint density at radius 3 is 2.45 bits per heavy atom. The molecule has 1 amide bonds. The fraction of sp³-hybridized carbons (Fsp3) is 0.270. The van der Waals surface area contributed by atoms with E-state index in [1.165, 1.54) is 16.9 Å². The van der Waals surface area contributed by atoms with Crippen LogP contribution in [0.2, 0.25) is 5.02 Å². The first-order valence-electron chi connectivity index (χ1n) is 17.0. The van der Waals surface area contributed by atoms with E-state index < -0.39 is 75.7 Å². The Hall–Kier alpha value is -5.49. The minimum absolute atomic E-state index is 0.0355. The Morgan fingerprint density at radius 1 is 1.02 bits per heavy atom. The lowest BCUT2D eigenvalue weighted by Crippen LogP contribution is -2.35. The lowest BCUT2D eigenvalue weighted by atomic mass is 9.92. The van der Waals surface area contributed by atoms with Crippen molar-refractivity contribution >= 4 is 44.3 Å². The number of amides is 1. The summed E-state index contributed by atoms with van der Waals surface area (Å²) in [4.78, 5) is 22.8. The third kappa shape index (κ3) is 6.73. The molecule has 0 radical (unpaired) electrons. The van der Waals surface area contributed by atoms with Gasteiger partial charge in [-0.2, -0.15) is 19.0 Å². The first-order valence-corrected chi connectivity index (χ1v) is 19.3. The summed E-state index contributed by atoms with van der Waals surface area (Å²) in [6.07, 6.45) is 2.19. The van der Waals surface area contributed by atoms with E-state index in [0.29, 0.717) is 38.5 Å². The monoisotopic (exact) mass is 814 g/mol. The number of halogens is 7. The molecule has 290 valence electrons. The number of aromatic nitrogens is 6. The van der Waals surface area contributed by atoms with Gasteiger partial charge in [0, 0.05) is 65.4 Å². The van der Waals surface area contributed by atoms with Crippen LogP contribution in [-0.4, -0.2) is 50.1 Å². The van der Waals surface area contributed by atoms with Gasteiger partial charge in [0.05, 0.1) is 33.9 Å². The van der Waals surface area contributed by atoms with Crippen LogP contribution in [0, 0.1) is 17.6 Å². The zero-order valence-electron chi connectivity index (χ0n) is 29.2. The Kier molecular flexibility index (Phi) is 9.10. The smallest absolute Gasteiger partial charge is 0.293 e. The molecule has 1 fully saturated rings. The summed E-state index contributed by atoms with van der Waals surface area (Å²) in [6, 6.07) is 9.86. The number of carbonyl (C=O) groups excluding carboxylic acids is 1. The van der Waals surface area contributed by atoms with Gasteiger partial charge in [0.25, 0.3) is 12.3 Å². The number of fused-ring (bicyclic) bond motifs is 4. The van der Waals surface area contributed by atoms with Gasteiger partial charge in [-0.25, -0.2) is 26.0 Å². The maximum Gasteiger partial charge on any atom is 0.293 e. The molecule has 3 atom stereocenters. The molecule has 8 rings (SSSR count). The van der Waals surface area contributed by atoms with Crippen LogP contribution < -0.4 is 10.0 Å². The fourth-order valence-corrected chi connectivity index (χ4v) is 8.37. The summed E-state index contributed by atoms with van der Waals surface area (Å²) >= 11 is 6.62. The molecule has 0 unspecified atom stereocenters. The standard InChI is InChI=1S/C37H29ClF6N8O3S/c1-51-33-22(5-6-26(38)30(33)36(49-51)50-56(2,54)55)23-11-19(18-4-3-7-45-14-18)15-46-31(23)27(10-17-8-20(39)12-21(40)9-17)47-28(53)16-52-34-29(32(48-52)35(41)42)24-13-25(24)37(34,43)44/h3-9,11-12,14-15,24-25,27,35H,10,13,16H2,1-2H3,(H,47,53)(H,49,50)/t24-,25+,27-/m0/s1. The zero-order chi connectivity index (χ0) is 39.8. The summed E-state index contributed by atoms with van der Waals surface area (Å²) in [5.41, 5.74) is 0.690. The Bertz CT molecular complexity index is 2650. The number of benzene rings is 2. The SMILES string of the molecule is Cn1nc(NS(C)(=O)=O)c2c(Cl)ccc(-c3cc(-c4cccnc4)cnc3[C@H](Cc3cc(F)cc(F)c3)NC(=O)Cn3nc(C(F)F)c4c3C(F)(F)[C@@H]3C[C@H]43)c21. The quantitative estimate of drug-likeness (QED) is 0.130. The highest BCUT2D eigenvalue weighted by Gasteiger charge is 2.67. The second-order valence-corrected chi connectivity index (χ2v) is 16.0. The second kappa shape index (κ2) is 13.6. The number of alkyl halides is 4. The number of rotatable bonds is 11. The van der Waals surface area contributed by atoms with E-state index in [2.05, 4.69) is 25.2 Å². The third-order valence-electron chi connectivity index (χ3n) is 9.91. The summed E-state index contributed by atoms with van der Waals surface area (Å²) in [6.45, 7) is -0.880. The average Bonchev–Trinajstić information content (AvgIpc) is 3.66. The van der Waals surface area contributed by atoms with E-state index in [-0.39, 0.29) is 45.9 Å². The van der Waals surface area contributed by atoms with Crippen molar-refractivity contribution < 1.29 is 39.6 Å². The van der Waals surface area contributed by atoms with E-state index in [9.17, 15) is 30.8 Å². The van der Waals surface area contributed by atoms with Crippen LogP contribution in [0.1, 0.15) is 53.0 Å². The molecule has 2 N–H and O–H groups in total. The molecule has 56 heavy (non-hydrogen) atoms. The van der Waals surface area contributed by atoms with Crippen LogP contribution in [0.3, 0.4) is 0 Å². The predicted octanol–water partition coefficient (Wildman–Crippen LogP) is 7.44. The number of hydrogen-bond acceptors (Lipinski definition) is 7. The first-order chi connectivity index (χ1) is 26.5. The molecule has 0 spiro atoms. The van der Waals surface area contributed by atoms with Crippen molar-refractivity contribution in [1.82, 2.24) is 34.8 Å². The van der Waals surface area contributed by atoms with Crippen molar-refractivity contribution in [2.24, 2.45) is 13.0 Å². The maximum atomic E-state index is 15.4.